The number of carboxylic acid groups (broad SMARTS) is 1. The quantitative estimate of drug-likeness (QED) is 0.883. The van der Waals surface area contributed by atoms with E-state index in [0.29, 0.717) is 49.2 Å². The van der Waals surface area contributed by atoms with Crippen molar-refractivity contribution < 1.29 is 23.1 Å². The molecule has 2 aliphatic rings. The van der Waals surface area contributed by atoms with Crippen LogP contribution in [0.15, 0.2) is 18.2 Å². The first-order chi connectivity index (χ1) is 11.3. The van der Waals surface area contributed by atoms with Gasteiger partial charge in [-0.2, -0.15) is 0 Å². The van der Waals surface area contributed by atoms with Crippen LogP contribution >= 0.6 is 0 Å². The molecule has 3 rings (SSSR count). The Kier molecular flexibility index (Phi) is 4.25. The number of nitrogens with zero attached hydrogens (tertiary/aromatic N) is 2. The molecule has 2 aliphatic heterocycles. The number of likely N-dealkylation sites (tertiary alicyclic amines) is 1. The van der Waals surface area contributed by atoms with Crippen molar-refractivity contribution >= 4 is 27.6 Å². The minimum absolute atomic E-state index is 0.140. The average Bonchev–Trinajstić information content (AvgIpc) is 3.12. The maximum Gasteiger partial charge on any atom is 0.326 e. The van der Waals surface area contributed by atoms with Gasteiger partial charge >= 0.3 is 5.97 Å². The molecular weight excluding hydrogens is 332 g/mol. The van der Waals surface area contributed by atoms with Gasteiger partial charge in [0.2, 0.25) is 10.0 Å². The summed E-state index contributed by atoms with van der Waals surface area (Å²) in [4.78, 5) is 25.3. The van der Waals surface area contributed by atoms with Crippen molar-refractivity contribution in [1.82, 2.24) is 4.90 Å². The summed E-state index contributed by atoms with van der Waals surface area (Å²) in [7, 11) is -3.27. The monoisotopic (exact) mass is 352 g/mol. The number of sulfonamides is 1. The van der Waals surface area contributed by atoms with Crippen molar-refractivity contribution in [2.75, 3.05) is 23.1 Å². The Bertz CT molecular complexity index is 790. The highest BCUT2D eigenvalue weighted by Gasteiger charge is 2.35. The van der Waals surface area contributed by atoms with Gasteiger partial charge in [-0.15, -0.1) is 0 Å². The Hall–Kier alpha value is -2.09. The van der Waals surface area contributed by atoms with Gasteiger partial charge in [0.25, 0.3) is 5.91 Å². The Morgan fingerprint density at radius 2 is 1.96 bits per heavy atom. The number of anilines is 1. The van der Waals surface area contributed by atoms with Gasteiger partial charge in [0.15, 0.2) is 0 Å². The van der Waals surface area contributed by atoms with E-state index in [1.54, 1.807) is 25.1 Å². The number of carboxylic acids is 1. The number of amides is 1. The van der Waals surface area contributed by atoms with Crippen LogP contribution in [0.4, 0.5) is 5.69 Å². The van der Waals surface area contributed by atoms with E-state index in [4.69, 9.17) is 0 Å². The zero-order valence-corrected chi connectivity index (χ0v) is 14.3. The predicted octanol–water partition coefficient (Wildman–Crippen LogP) is 1.22. The fourth-order valence-electron chi connectivity index (χ4n) is 3.39. The molecule has 0 aliphatic carbocycles. The summed E-state index contributed by atoms with van der Waals surface area (Å²) in [6, 6.07) is 4.12. The van der Waals surface area contributed by atoms with Gasteiger partial charge in [-0.3, -0.25) is 9.10 Å². The van der Waals surface area contributed by atoms with Crippen LogP contribution < -0.4 is 4.31 Å². The largest absolute Gasteiger partial charge is 0.480 e. The third-order valence-electron chi connectivity index (χ3n) is 4.63. The lowest BCUT2D eigenvalue weighted by Gasteiger charge is -2.23. The highest BCUT2D eigenvalue weighted by Crippen LogP contribution is 2.28. The zero-order valence-electron chi connectivity index (χ0n) is 13.4. The van der Waals surface area contributed by atoms with Crippen molar-refractivity contribution in [2.24, 2.45) is 0 Å². The summed E-state index contributed by atoms with van der Waals surface area (Å²) >= 11 is 0. The summed E-state index contributed by atoms with van der Waals surface area (Å²) in [5, 5.41) is 9.23. The molecular formula is C16H20N2O5S. The molecule has 8 heteroatoms. The smallest absolute Gasteiger partial charge is 0.326 e. The van der Waals surface area contributed by atoms with E-state index < -0.39 is 22.0 Å². The maximum atomic E-state index is 12.7. The van der Waals surface area contributed by atoms with Gasteiger partial charge in [-0.05, 0) is 49.9 Å². The van der Waals surface area contributed by atoms with Crippen LogP contribution in [0.25, 0.3) is 0 Å². The van der Waals surface area contributed by atoms with E-state index in [1.807, 2.05) is 0 Å². The molecule has 7 nitrogen and oxygen atoms in total. The molecule has 130 valence electrons. The van der Waals surface area contributed by atoms with Crippen molar-refractivity contribution in [3.8, 4) is 0 Å². The minimum atomic E-state index is -3.27. The van der Waals surface area contributed by atoms with E-state index >= 15 is 0 Å². The second-order valence-corrected chi connectivity index (χ2v) is 8.25. The molecule has 0 spiro atoms. The maximum absolute atomic E-state index is 12.7. The molecule has 0 bridgehead atoms. The van der Waals surface area contributed by atoms with E-state index in [9.17, 15) is 23.1 Å². The number of carbonyl (C=O) groups is 2. The lowest BCUT2D eigenvalue weighted by Crippen LogP contribution is -2.40. The Balaban J connectivity index is 1.88. The number of benzene rings is 1. The third-order valence-corrected chi connectivity index (χ3v) is 6.50. The van der Waals surface area contributed by atoms with Gasteiger partial charge in [-0.25, -0.2) is 13.2 Å². The van der Waals surface area contributed by atoms with Crippen LogP contribution in [0.3, 0.4) is 0 Å². The molecule has 2 saturated heterocycles. The second kappa shape index (κ2) is 6.08. The first-order valence-corrected chi connectivity index (χ1v) is 9.57. The number of aliphatic carboxylic acids is 1. The lowest BCUT2D eigenvalue weighted by molar-refractivity contribution is -0.141. The molecule has 1 N–H and O–H groups in total. The van der Waals surface area contributed by atoms with Crippen molar-refractivity contribution in [2.45, 2.75) is 32.2 Å². The standard InChI is InChI=1S/C16H20N2O5S/c1-11-10-12(18-8-3-9-24(18,22)23)5-6-13(11)15(19)17-7-2-4-14(17)16(20)21/h5-6,10,14H,2-4,7-9H2,1H3,(H,20,21). The highest BCUT2D eigenvalue weighted by molar-refractivity contribution is 7.93. The van der Waals surface area contributed by atoms with Gasteiger partial charge in [-0.1, -0.05) is 0 Å². The molecule has 1 amide bonds. The summed E-state index contributed by atoms with van der Waals surface area (Å²) in [6.07, 6.45) is 1.73. The number of hydrogen-bond acceptors (Lipinski definition) is 4. The molecule has 0 radical (unpaired) electrons. The number of hydrogen-bond donors (Lipinski definition) is 1. The SMILES string of the molecule is Cc1cc(N2CCCS2(=O)=O)ccc1C(=O)N1CCCC1C(=O)O. The molecule has 2 heterocycles. The van der Waals surface area contributed by atoms with Crippen LogP contribution in [0.1, 0.15) is 35.2 Å². The fourth-order valence-corrected chi connectivity index (χ4v) is 4.95. The van der Waals surface area contributed by atoms with Crippen molar-refractivity contribution in [1.29, 1.82) is 0 Å². The van der Waals surface area contributed by atoms with Crippen LogP contribution in [0.5, 0.6) is 0 Å². The Morgan fingerprint density at radius 1 is 1.21 bits per heavy atom. The summed E-state index contributed by atoms with van der Waals surface area (Å²) < 4.78 is 25.4. The van der Waals surface area contributed by atoms with E-state index in [1.165, 1.54) is 9.21 Å². The number of aryl methyl sites for hydroxylation is 1. The first-order valence-electron chi connectivity index (χ1n) is 7.96. The highest BCUT2D eigenvalue weighted by atomic mass is 32.2. The van der Waals surface area contributed by atoms with Crippen LogP contribution in [-0.4, -0.2) is 55.2 Å². The Labute approximate surface area is 140 Å². The van der Waals surface area contributed by atoms with Gasteiger partial charge in [0.05, 0.1) is 11.4 Å². The molecule has 0 saturated carbocycles. The topological polar surface area (TPSA) is 95.0 Å². The first kappa shape index (κ1) is 16.8. The summed E-state index contributed by atoms with van der Waals surface area (Å²) in [5.74, 6) is -1.16. The average molecular weight is 352 g/mol. The minimum Gasteiger partial charge on any atom is -0.480 e. The molecule has 1 aromatic rings. The van der Waals surface area contributed by atoms with Crippen LogP contribution in [-0.2, 0) is 14.8 Å². The third kappa shape index (κ3) is 2.86. The molecule has 2 fully saturated rings. The van der Waals surface area contributed by atoms with E-state index in [-0.39, 0.29) is 11.7 Å². The normalized spacial score (nSPS) is 22.8. The summed E-state index contributed by atoms with van der Waals surface area (Å²) in [6.45, 7) is 2.62. The van der Waals surface area contributed by atoms with Crippen molar-refractivity contribution in [3.63, 3.8) is 0 Å². The Morgan fingerprint density at radius 3 is 2.54 bits per heavy atom. The van der Waals surface area contributed by atoms with Gasteiger partial charge in [0.1, 0.15) is 6.04 Å². The lowest BCUT2D eigenvalue weighted by atomic mass is 10.1. The van der Waals surface area contributed by atoms with Gasteiger partial charge in [0, 0.05) is 18.7 Å². The molecule has 1 aromatic carbocycles. The predicted molar refractivity (Wildman–Crippen MR) is 88.6 cm³/mol. The fraction of sp³-hybridized carbons (Fsp3) is 0.500. The molecule has 24 heavy (non-hydrogen) atoms. The van der Waals surface area contributed by atoms with E-state index in [2.05, 4.69) is 0 Å². The van der Waals surface area contributed by atoms with Crippen molar-refractivity contribution in [3.05, 3.63) is 29.3 Å². The summed E-state index contributed by atoms with van der Waals surface area (Å²) in [5.41, 5.74) is 1.62. The zero-order chi connectivity index (χ0) is 17.5. The molecule has 1 atom stereocenters. The molecule has 0 aromatic heterocycles. The van der Waals surface area contributed by atoms with E-state index in [0.717, 1.165) is 0 Å². The number of carbonyl (C=O) groups excluding carboxylic acids is 1. The van der Waals surface area contributed by atoms with Crippen LogP contribution in [0, 0.1) is 6.92 Å². The van der Waals surface area contributed by atoms with Gasteiger partial charge < -0.3 is 10.0 Å². The molecule has 1 unspecified atom stereocenters. The number of rotatable bonds is 3. The second-order valence-electron chi connectivity index (χ2n) is 6.24. The van der Waals surface area contributed by atoms with Crippen LogP contribution in [0.2, 0.25) is 0 Å².